The molecule has 1 heterocycles. The zero-order valence-corrected chi connectivity index (χ0v) is 17.1. The van der Waals surface area contributed by atoms with Gasteiger partial charge in [-0.2, -0.15) is 0 Å². The molecule has 3 rings (SSSR count). The van der Waals surface area contributed by atoms with Crippen molar-refractivity contribution in [2.45, 2.75) is 32.1 Å². The molecule has 0 saturated heterocycles. The zero-order chi connectivity index (χ0) is 19.9. The molecule has 0 aliphatic heterocycles. The van der Waals surface area contributed by atoms with Crippen molar-refractivity contribution in [3.63, 3.8) is 0 Å². The smallest absolute Gasteiger partial charge is 0.230 e. The fourth-order valence-corrected chi connectivity index (χ4v) is 3.64. The maximum absolute atomic E-state index is 12.2. The molecular weight excluding hydrogens is 372 g/mol. The van der Waals surface area contributed by atoms with Gasteiger partial charge in [-0.25, -0.2) is 0 Å². The van der Waals surface area contributed by atoms with Crippen molar-refractivity contribution in [3.8, 4) is 17.1 Å². The van der Waals surface area contributed by atoms with Gasteiger partial charge in [-0.15, -0.1) is 10.2 Å². The Bertz CT molecular complexity index is 938. The van der Waals surface area contributed by atoms with E-state index in [0.29, 0.717) is 12.3 Å². The SMILES string of the molecule is CCn1c(SCC(=O)NCc2ccc(OC)cc2)nnc1-c1cccc(C)c1. The van der Waals surface area contributed by atoms with Crippen molar-refractivity contribution in [1.29, 1.82) is 0 Å². The lowest BCUT2D eigenvalue weighted by atomic mass is 10.1. The van der Waals surface area contributed by atoms with E-state index in [1.54, 1.807) is 7.11 Å². The Morgan fingerprint density at radius 3 is 2.64 bits per heavy atom. The van der Waals surface area contributed by atoms with Gasteiger partial charge in [0.15, 0.2) is 11.0 Å². The van der Waals surface area contributed by atoms with E-state index in [1.807, 2.05) is 41.0 Å². The largest absolute Gasteiger partial charge is 0.497 e. The third-order valence-corrected chi connectivity index (χ3v) is 5.26. The van der Waals surface area contributed by atoms with Gasteiger partial charge < -0.3 is 14.6 Å². The van der Waals surface area contributed by atoms with E-state index in [2.05, 4.69) is 41.5 Å². The van der Waals surface area contributed by atoms with E-state index in [-0.39, 0.29) is 5.91 Å². The quantitative estimate of drug-likeness (QED) is 0.588. The Hall–Kier alpha value is -2.80. The average Bonchev–Trinajstić information content (AvgIpc) is 3.14. The van der Waals surface area contributed by atoms with Crippen LogP contribution in [0.2, 0.25) is 0 Å². The average molecular weight is 397 g/mol. The molecule has 6 nitrogen and oxygen atoms in total. The fraction of sp³-hybridized carbons (Fsp3) is 0.286. The molecule has 1 aromatic heterocycles. The molecule has 0 atom stereocenters. The van der Waals surface area contributed by atoms with Crippen molar-refractivity contribution in [1.82, 2.24) is 20.1 Å². The number of benzene rings is 2. The second-order valence-corrected chi connectivity index (χ2v) is 7.28. The molecular formula is C21H24N4O2S. The van der Waals surface area contributed by atoms with Crippen LogP contribution in [0.1, 0.15) is 18.1 Å². The molecule has 1 N–H and O–H groups in total. The highest BCUT2D eigenvalue weighted by molar-refractivity contribution is 7.99. The van der Waals surface area contributed by atoms with Gasteiger partial charge in [0.05, 0.1) is 12.9 Å². The van der Waals surface area contributed by atoms with Crippen molar-refractivity contribution >= 4 is 17.7 Å². The molecule has 0 fully saturated rings. The Kier molecular flexibility index (Phi) is 6.71. The van der Waals surface area contributed by atoms with E-state index >= 15 is 0 Å². The van der Waals surface area contributed by atoms with Crippen molar-refractivity contribution < 1.29 is 9.53 Å². The van der Waals surface area contributed by atoms with Crippen LogP contribution in [0, 0.1) is 6.92 Å². The summed E-state index contributed by atoms with van der Waals surface area (Å²) in [5.74, 6) is 1.88. The van der Waals surface area contributed by atoms with Crippen LogP contribution in [0.3, 0.4) is 0 Å². The topological polar surface area (TPSA) is 69.0 Å². The van der Waals surface area contributed by atoms with E-state index < -0.39 is 0 Å². The summed E-state index contributed by atoms with van der Waals surface area (Å²) in [6, 6.07) is 15.8. The molecule has 2 aromatic carbocycles. The summed E-state index contributed by atoms with van der Waals surface area (Å²) >= 11 is 1.40. The van der Waals surface area contributed by atoms with Gasteiger partial charge in [-0.3, -0.25) is 4.79 Å². The lowest BCUT2D eigenvalue weighted by Gasteiger charge is -2.08. The lowest BCUT2D eigenvalue weighted by Crippen LogP contribution is -2.24. The molecule has 0 unspecified atom stereocenters. The van der Waals surface area contributed by atoms with Gasteiger partial charge in [0.25, 0.3) is 0 Å². The fourth-order valence-electron chi connectivity index (χ4n) is 2.80. The van der Waals surface area contributed by atoms with Gasteiger partial charge in [-0.1, -0.05) is 47.7 Å². The Labute approximate surface area is 169 Å². The van der Waals surface area contributed by atoms with E-state index in [4.69, 9.17) is 4.74 Å². The molecule has 3 aromatic rings. The minimum atomic E-state index is -0.0384. The first-order valence-electron chi connectivity index (χ1n) is 9.13. The minimum absolute atomic E-state index is 0.0384. The van der Waals surface area contributed by atoms with Crippen LogP contribution in [0.25, 0.3) is 11.4 Å². The Balaban J connectivity index is 1.58. The summed E-state index contributed by atoms with van der Waals surface area (Å²) in [7, 11) is 1.63. The summed E-state index contributed by atoms with van der Waals surface area (Å²) in [5.41, 5.74) is 3.23. The number of hydrogen-bond acceptors (Lipinski definition) is 5. The maximum atomic E-state index is 12.2. The van der Waals surface area contributed by atoms with Crippen LogP contribution < -0.4 is 10.1 Å². The summed E-state index contributed by atoms with van der Waals surface area (Å²) < 4.78 is 7.18. The molecule has 0 aliphatic carbocycles. The van der Waals surface area contributed by atoms with Crippen LogP contribution >= 0.6 is 11.8 Å². The number of hydrogen-bond donors (Lipinski definition) is 1. The molecule has 1 amide bonds. The van der Waals surface area contributed by atoms with Crippen molar-refractivity contribution in [2.75, 3.05) is 12.9 Å². The Morgan fingerprint density at radius 1 is 1.18 bits per heavy atom. The van der Waals surface area contributed by atoms with Gasteiger partial charge in [0.1, 0.15) is 5.75 Å². The van der Waals surface area contributed by atoms with Gasteiger partial charge >= 0.3 is 0 Å². The van der Waals surface area contributed by atoms with Gasteiger partial charge in [-0.05, 0) is 37.6 Å². The van der Waals surface area contributed by atoms with Crippen LogP contribution in [0.15, 0.2) is 53.7 Å². The molecule has 0 bridgehead atoms. The standard InChI is InChI=1S/C21H24N4O2S/c1-4-25-20(17-7-5-6-15(2)12-17)23-24-21(25)28-14-19(26)22-13-16-8-10-18(27-3)11-9-16/h5-12H,4,13-14H2,1-3H3,(H,22,26). The highest BCUT2D eigenvalue weighted by Crippen LogP contribution is 2.24. The first kappa shape index (κ1) is 19.9. The summed E-state index contributed by atoms with van der Waals surface area (Å²) in [5, 5.41) is 12.3. The molecule has 146 valence electrons. The monoisotopic (exact) mass is 396 g/mol. The number of thioether (sulfide) groups is 1. The summed E-state index contributed by atoms with van der Waals surface area (Å²) in [6.45, 7) is 5.33. The van der Waals surface area contributed by atoms with E-state index in [0.717, 1.165) is 34.4 Å². The maximum Gasteiger partial charge on any atom is 0.230 e. The first-order valence-corrected chi connectivity index (χ1v) is 10.1. The summed E-state index contributed by atoms with van der Waals surface area (Å²) in [6.07, 6.45) is 0. The number of methoxy groups -OCH3 is 1. The molecule has 0 aliphatic rings. The second-order valence-electron chi connectivity index (χ2n) is 6.33. The molecule has 0 saturated carbocycles. The van der Waals surface area contributed by atoms with Gasteiger partial charge in [0.2, 0.25) is 5.91 Å². The lowest BCUT2D eigenvalue weighted by molar-refractivity contribution is -0.118. The van der Waals surface area contributed by atoms with Gasteiger partial charge in [0, 0.05) is 18.7 Å². The van der Waals surface area contributed by atoms with Crippen molar-refractivity contribution in [3.05, 3.63) is 59.7 Å². The number of aromatic nitrogens is 3. The van der Waals surface area contributed by atoms with Crippen LogP contribution in [-0.2, 0) is 17.9 Å². The number of carbonyl (C=O) groups is 1. The second kappa shape index (κ2) is 9.41. The van der Waals surface area contributed by atoms with E-state index in [1.165, 1.54) is 17.3 Å². The molecule has 7 heteroatoms. The number of ether oxygens (including phenoxy) is 1. The van der Waals surface area contributed by atoms with Crippen LogP contribution in [-0.4, -0.2) is 33.5 Å². The zero-order valence-electron chi connectivity index (χ0n) is 16.3. The first-order chi connectivity index (χ1) is 13.6. The number of amides is 1. The highest BCUT2D eigenvalue weighted by atomic mass is 32.2. The molecule has 0 radical (unpaired) electrons. The normalized spacial score (nSPS) is 10.7. The number of nitrogens with zero attached hydrogens (tertiary/aromatic N) is 3. The Morgan fingerprint density at radius 2 is 1.96 bits per heavy atom. The van der Waals surface area contributed by atoms with Crippen LogP contribution in [0.4, 0.5) is 0 Å². The minimum Gasteiger partial charge on any atom is -0.497 e. The summed E-state index contributed by atoms with van der Waals surface area (Å²) in [4.78, 5) is 12.2. The number of nitrogens with one attached hydrogen (secondary N) is 1. The third kappa shape index (κ3) is 4.92. The number of aryl methyl sites for hydroxylation is 1. The number of rotatable bonds is 8. The predicted octanol–water partition coefficient (Wildman–Crippen LogP) is 3.69. The predicted molar refractivity (Wildman–Crippen MR) is 111 cm³/mol. The molecule has 0 spiro atoms. The number of carbonyl (C=O) groups excluding carboxylic acids is 1. The van der Waals surface area contributed by atoms with Crippen molar-refractivity contribution in [2.24, 2.45) is 0 Å². The third-order valence-electron chi connectivity index (χ3n) is 4.29. The highest BCUT2D eigenvalue weighted by Gasteiger charge is 2.14. The van der Waals surface area contributed by atoms with E-state index in [9.17, 15) is 4.79 Å². The van der Waals surface area contributed by atoms with Crippen LogP contribution in [0.5, 0.6) is 5.75 Å². The molecule has 28 heavy (non-hydrogen) atoms.